The number of Topliss-reactive ketones (excluding diaryl/α,β-unsaturated/α-hetero) is 1. The van der Waals surface area contributed by atoms with E-state index in [0.717, 1.165) is 22.6 Å². The van der Waals surface area contributed by atoms with Gasteiger partial charge in [0.25, 0.3) is 0 Å². The lowest BCUT2D eigenvalue weighted by Crippen LogP contribution is -2.36. The zero-order valence-corrected chi connectivity index (χ0v) is 19.2. The number of aromatic nitrogens is 3. The highest BCUT2D eigenvalue weighted by molar-refractivity contribution is 6.03. The van der Waals surface area contributed by atoms with Gasteiger partial charge in [0, 0.05) is 23.5 Å². The molecule has 0 aliphatic heterocycles. The Morgan fingerprint density at radius 1 is 1.16 bits per heavy atom. The van der Waals surface area contributed by atoms with Crippen molar-refractivity contribution >= 4 is 11.8 Å². The number of esters is 1. The third-order valence-corrected chi connectivity index (χ3v) is 5.96. The number of ether oxygens (including phenoxy) is 1. The number of ketones is 1. The summed E-state index contributed by atoms with van der Waals surface area (Å²) in [6, 6.07) is 9.61. The normalized spacial score (nSPS) is 12.3. The molecule has 3 aromatic rings. The van der Waals surface area contributed by atoms with Gasteiger partial charge >= 0.3 is 5.97 Å². The molecule has 1 atom stereocenters. The molecule has 0 spiro atoms. The highest BCUT2D eigenvalue weighted by Crippen LogP contribution is 2.23. The van der Waals surface area contributed by atoms with Crippen LogP contribution in [0.2, 0.25) is 0 Å². The van der Waals surface area contributed by atoms with E-state index in [1.807, 2.05) is 67.7 Å². The molecule has 0 radical (unpaired) electrons. The predicted molar refractivity (Wildman–Crippen MR) is 120 cm³/mol. The molecule has 0 saturated heterocycles. The lowest BCUT2D eigenvalue weighted by Gasteiger charge is -2.23. The van der Waals surface area contributed by atoms with Crippen LogP contribution in [0.4, 0.5) is 0 Å². The van der Waals surface area contributed by atoms with Crippen molar-refractivity contribution in [3.8, 4) is 5.69 Å². The molecule has 0 bridgehead atoms. The molecule has 1 N–H and O–H groups in total. The second kappa shape index (κ2) is 8.89. The van der Waals surface area contributed by atoms with Crippen LogP contribution in [0.1, 0.15) is 56.0 Å². The van der Waals surface area contributed by atoms with Crippen LogP contribution in [0, 0.1) is 27.7 Å². The molecule has 0 aliphatic carbocycles. The van der Waals surface area contributed by atoms with Gasteiger partial charge in [-0.25, -0.2) is 9.48 Å². The van der Waals surface area contributed by atoms with Crippen molar-refractivity contribution in [3.05, 3.63) is 69.8 Å². The zero-order valence-electron chi connectivity index (χ0n) is 19.2. The first-order valence-electron chi connectivity index (χ1n) is 10.3. The number of hydrogen-bond acceptors (Lipinski definition) is 5. The number of carbonyl (C=O) groups is 2. The van der Waals surface area contributed by atoms with Gasteiger partial charge in [-0.2, -0.15) is 5.10 Å². The molecule has 164 valence electrons. The smallest absolute Gasteiger partial charge is 0.339 e. The number of methoxy groups -OCH3 is 1. The lowest BCUT2D eigenvalue weighted by atomic mass is 10.0. The van der Waals surface area contributed by atoms with Gasteiger partial charge in [0.1, 0.15) is 0 Å². The molecule has 3 rings (SSSR count). The van der Waals surface area contributed by atoms with E-state index in [4.69, 9.17) is 9.84 Å². The van der Waals surface area contributed by atoms with Gasteiger partial charge in [0.2, 0.25) is 0 Å². The van der Waals surface area contributed by atoms with E-state index in [9.17, 15) is 9.59 Å². The Labute approximate surface area is 183 Å². The minimum absolute atomic E-state index is 0.0657. The molecule has 31 heavy (non-hydrogen) atoms. The Bertz CT molecular complexity index is 1110. The van der Waals surface area contributed by atoms with E-state index in [1.165, 1.54) is 7.11 Å². The van der Waals surface area contributed by atoms with E-state index in [1.54, 1.807) is 13.8 Å². The maximum Gasteiger partial charge on any atom is 0.339 e. The maximum absolute atomic E-state index is 13.2. The SMILES string of the molecule is COC(=O)c1c(C)[nH]c(C(=O)[C@H](C)N(C)Cc2c(C)nn(-c3ccccc3)c2C)c1C. The quantitative estimate of drug-likeness (QED) is 0.461. The van der Waals surface area contributed by atoms with Crippen LogP contribution < -0.4 is 0 Å². The first kappa shape index (κ1) is 22.5. The van der Waals surface area contributed by atoms with Crippen LogP contribution in [0.5, 0.6) is 0 Å². The van der Waals surface area contributed by atoms with Crippen molar-refractivity contribution in [3.63, 3.8) is 0 Å². The molecule has 2 aromatic heterocycles. The first-order chi connectivity index (χ1) is 14.7. The third kappa shape index (κ3) is 4.18. The van der Waals surface area contributed by atoms with Gasteiger partial charge in [-0.1, -0.05) is 18.2 Å². The largest absolute Gasteiger partial charge is 0.465 e. The van der Waals surface area contributed by atoms with Crippen LogP contribution in [-0.4, -0.2) is 51.6 Å². The van der Waals surface area contributed by atoms with Gasteiger partial charge in [-0.3, -0.25) is 9.69 Å². The topological polar surface area (TPSA) is 80.2 Å². The fourth-order valence-electron chi connectivity index (χ4n) is 3.92. The standard InChI is InChI=1S/C24H30N4O3/c1-14-21(24(30)31-7)16(3)25-22(14)23(29)18(5)27(6)13-20-15(2)26-28(17(20)4)19-11-9-8-10-12-19/h8-12,18,25H,13H2,1-7H3/t18-/m0/s1. The van der Waals surface area contributed by atoms with Gasteiger partial charge in [0.05, 0.1) is 35.8 Å². The van der Waals surface area contributed by atoms with Crippen molar-refractivity contribution in [2.75, 3.05) is 14.2 Å². The number of nitrogens with one attached hydrogen (secondary N) is 1. The van der Waals surface area contributed by atoms with Crippen molar-refractivity contribution in [2.24, 2.45) is 0 Å². The number of carbonyl (C=O) groups excluding carboxylic acids is 2. The molecular weight excluding hydrogens is 392 g/mol. The molecule has 0 fully saturated rings. The number of aryl methyl sites for hydroxylation is 2. The molecule has 0 unspecified atom stereocenters. The molecule has 7 heteroatoms. The molecule has 0 amide bonds. The highest BCUT2D eigenvalue weighted by Gasteiger charge is 2.28. The predicted octanol–water partition coefficient (Wildman–Crippen LogP) is 3.92. The second-order valence-corrected chi connectivity index (χ2v) is 7.97. The van der Waals surface area contributed by atoms with Crippen molar-refractivity contribution < 1.29 is 14.3 Å². The minimum Gasteiger partial charge on any atom is -0.465 e. The average molecular weight is 423 g/mol. The van der Waals surface area contributed by atoms with Gasteiger partial charge in [0.15, 0.2) is 5.78 Å². The summed E-state index contributed by atoms with van der Waals surface area (Å²) >= 11 is 0. The van der Waals surface area contributed by atoms with E-state index in [-0.39, 0.29) is 11.8 Å². The fraction of sp³-hybridized carbons (Fsp3) is 0.375. The number of rotatable bonds is 7. The summed E-state index contributed by atoms with van der Waals surface area (Å²) in [6.07, 6.45) is 0. The van der Waals surface area contributed by atoms with Gasteiger partial charge in [-0.05, 0) is 59.4 Å². The highest BCUT2D eigenvalue weighted by atomic mass is 16.5. The van der Waals surface area contributed by atoms with Crippen LogP contribution in [0.25, 0.3) is 5.69 Å². The van der Waals surface area contributed by atoms with E-state index in [2.05, 4.69) is 4.98 Å². The Balaban J connectivity index is 1.83. The Morgan fingerprint density at radius 3 is 2.42 bits per heavy atom. The van der Waals surface area contributed by atoms with Crippen molar-refractivity contribution in [2.45, 2.75) is 47.2 Å². The Hall–Kier alpha value is -3.19. The fourth-order valence-corrected chi connectivity index (χ4v) is 3.92. The van der Waals surface area contributed by atoms with Gasteiger partial charge in [-0.15, -0.1) is 0 Å². The lowest BCUT2D eigenvalue weighted by molar-refractivity contribution is 0.0599. The maximum atomic E-state index is 13.2. The average Bonchev–Trinajstić information content (AvgIpc) is 3.22. The van der Waals surface area contributed by atoms with E-state index < -0.39 is 5.97 Å². The summed E-state index contributed by atoms with van der Waals surface area (Å²) in [4.78, 5) is 30.4. The number of aromatic amines is 1. The summed E-state index contributed by atoms with van der Waals surface area (Å²) in [6.45, 7) is 10.0. The molecule has 1 aromatic carbocycles. The summed E-state index contributed by atoms with van der Waals surface area (Å²) in [5.41, 5.74) is 6.23. The van der Waals surface area contributed by atoms with Crippen LogP contribution in [-0.2, 0) is 11.3 Å². The zero-order chi connectivity index (χ0) is 22.9. The summed E-state index contributed by atoms with van der Waals surface area (Å²) in [5, 5.41) is 4.70. The van der Waals surface area contributed by atoms with Crippen LogP contribution in [0.3, 0.4) is 0 Å². The van der Waals surface area contributed by atoms with Crippen LogP contribution in [0.15, 0.2) is 30.3 Å². The number of benzene rings is 1. The second-order valence-electron chi connectivity index (χ2n) is 7.97. The number of H-pyrrole nitrogens is 1. The molecule has 7 nitrogen and oxygen atoms in total. The number of hydrogen-bond donors (Lipinski definition) is 1. The molecule has 0 saturated carbocycles. The Morgan fingerprint density at radius 2 is 1.81 bits per heavy atom. The number of likely N-dealkylation sites (N-methyl/N-ethyl adjacent to an activating group) is 1. The molecule has 0 aliphatic rings. The summed E-state index contributed by atoms with van der Waals surface area (Å²) < 4.78 is 6.79. The first-order valence-corrected chi connectivity index (χ1v) is 10.3. The monoisotopic (exact) mass is 422 g/mol. The van der Waals surface area contributed by atoms with Crippen molar-refractivity contribution in [1.29, 1.82) is 0 Å². The number of para-hydroxylation sites is 1. The molecular formula is C24H30N4O3. The number of nitrogens with zero attached hydrogens (tertiary/aromatic N) is 3. The van der Waals surface area contributed by atoms with E-state index in [0.29, 0.717) is 29.1 Å². The summed E-state index contributed by atoms with van der Waals surface area (Å²) in [5.74, 6) is -0.505. The minimum atomic E-state index is -0.439. The molecule has 2 heterocycles. The van der Waals surface area contributed by atoms with Gasteiger partial charge < -0.3 is 9.72 Å². The summed E-state index contributed by atoms with van der Waals surface area (Å²) in [7, 11) is 3.26. The van der Waals surface area contributed by atoms with Crippen LogP contribution >= 0.6 is 0 Å². The van der Waals surface area contributed by atoms with Crippen molar-refractivity contribution in [1.82, 2.24) is 19.7 Å². The Kier molecular flexibility index (Phi) is 6.45. The van der Waals surface area contributed by atoms with E-state index >= 15 is 0 Å². The third-order valence-electron chi connectivity index (χ3n) is 5.96.